The third-order valence-corrected chi connectivity index (χ3v) is 7.21. The third-order valence-electron chi connectivity index (χ3n) is 6.40. The topological polar surface area (TPSA) is 58.6 Å². The van der Waals surface area contributed by atoms with Crippen LogP contribution in [0, 0.1) is 0 Å². The summed E-state index contributed by atoms with van der Waals surface area (Å²) in [5.74, 6) is 0.0224. The predicted molar refractivity (Wildman–Crippen MR) is 146 cm³/mol. The van der Waals surface area contributed by atoms with Crippen LogP contribution < -0.4 is 10.1 Å². The molecular formula is C29H30BrClN2O3. The van der Waals surface area contributed by atoms with Crippen LogP contribution in [0.1, 0.15) is 36.8 Å². The number of carbonyl (C=O) groups is 2. The fourth-order valence-corrected chi connectivity index (χ4v) is 5.17. The van der Waals surface area contributed by atoms with E-state index in [-0.39, 0.29) is 31.0 Å². The van der Waals surface area contributed by atoms with E-state index in [1.54, 1.807) is 29.2 Å². The van der Waals surface area contributed by atoms with Gasteiger partial charge in [-0.05, 0) is 48.2 Å². The molecule has 3 aromatic rings. The Morgan fingerprint density at radius 1 is 0.972 bits per heavy atom. The van der Waals surface area contributed by atoms with Gasteiger partial charge in [0.2, 0.25) is 5.91 Å². The first kappa shape index (κ1) is 26.2. The van der Waals surface area contributed by atoms with Crippen LogP contribution in [-0.4, -0.2) is 35.4 Å². The molecule has 188 valence electrons. The second-order valence-electron chi connectivity index (χ2n) is 9.07. The quantitative estimate of drug-likeness (QED) is 0.317. The van der Waals surface area contributed by atoms with Crippen LogP contribution in [0.3, 0.4) is 0 Å². The molecule has 5 nitrogen and oxygen atoms in total. The smallest absolute Gasteiger partial charge is 0.261 e. The van der Waals surface area contributed by atoms with Crippen LogP contribution in [-0.2, 0) is 22.6 Å². The number of ether oxygens (including phenoxy) is 1. The molecule has 0 heterocycles. The number of rotatable bonds is 10. The predicted octanol–water partition coefficient (Wildman–Crippen LogP) is 6.18. The van der Waals surface area contributed by atoms with Crippen molar-refractivity contribution in [1.29, 1.82) is 0 Å². The molecule has 0 bridgehead atoms. The Morgan fingerprint density at radius 3 is 2.39 bits per heavy atom. The van der Waals surface area contributed by atoms with Crippen LogP contribution in [0.4, 0.5) is 0 Å². The number of carbonyl (C=O) groups excluding carboxylic acids is 2. The SMILES string of the molecule is O=C(NC1CCCC1)C(Cc1ccccc1)N(Cc1cccc(Br)c1)C(=O)COc1ccccc1Cl. The lowest BCUT2D eigenvalue weighted by atomic mass is 10.0. The van der Waals surface area contributed by atoms with Gasteiger partial charge in [-0.1, -0.05) is 95.0 Å². The highest BCUT2D eigenvalue weighted by Gasteiger charge is 2.32. The van der Waals surface area contributed by atoms with Crippen LogP contribution in [0.2, 0.25) is 5.02 Å². The lowest BCUT2D eigenvalue weighted by Gasteiger charge is -2.32. The van der Waals surface area contributed by atoms with E-state index in [1.165, 1.54) is 0 Å². The summed E-state index contributed by atoms with van der Waals surface area (Å²) < 4.78 is 6.70. The standard InChI is InChI=1S/C29H30BrClN2O3/c30-23-12-8-11-22(17-23)19-33(28(34)20-36-27-16-7-6-15-25(27)31)26(18-21-9-2-1-3-10-21)29(35)32-24-13-4-5-14-24/h1-3,6-12,15-17,24,26H,4-5,13-14,18-20H2,(H,32,35). The van der Waals surface area contributed by atoms with Gasteiger partial charge < -0.3 is 15.0 Å². The number of nitrogens with one attached hydrogen (secondary N) is 1. The van der Waals surface area contributed by atoms with Crippen molar-refractivity contribution in [2.24, 2.45) is 0 Å². The van der Waals surface area contributed by atoms with Gasteiger partial charge in [0.25, 0.3) is 5.91 Å². The zero-order valence-electron chi connectivity index (χ0n) is 20.0. The molecule has 3 aromatic carbocycles. The molecule has 1 aliphatic rings. The van der Waals surface area contributed by atoms with Crippen LogP contribution in [0.15, 0.2) is 83.3 Å². The summed E-state index contributed by atoms with van der Waals surface area (Å²) in [6.45, 7) is 0.0550. The van der Waals surface area contributed by atoms with Gasteiger partial charge in [-0.2, -0.15) is 0 Å². The van der Waals surface area contributed by atoms with Crippen molar-refractivity contribution >= 4 is 39.3 Å². The van der Waals surface area contributed by atoms with Gasteiger partial charge in [0, 0.05) is 23.5 Å². The number of amides is 2. The molecule has 36 heavy (non-hydrogen) atoms. The molecule has 4 rings (SSSR count). The average Bonchev–Trinajstić information content (AvgIpc) is 3.39. The molecule has 2 amide bonds. The van der Waals surface area contributed by atoms with E-state index in [9.17, 15) is 9.59 Å². The van der Waals surface area contributed by atoms with Gasteiger partial charge in [0.05, 0.1) is 5.02 Å². The second-order valence-corrected chi connectivity index (χ2v) is 10.4. The molecule has 0 aromatic heterocycles. The molecule has 0 spiro atoms. The molecule has 1 saturated carbocycles. The summed E-state index contributed by atoms with van der Waals surface area (Å²) in [5.41, 5.74) is 1.91. The first-order valence-electron chi connectivity index (χ1n) is 12.2. The van der Waals surface area contributed by atoms with Gasteiger partial charge in [-0.3, -0.25) is 9.59 Å². The van der Waals surface area contributed by atoms with Crippen LogP contribution in [0.5, 0.6) is 5.75 Å². The maximum atomic E-state index is 13.7. The van der Waals surface area contributed by atoms with E-state index < -0.39 is 6.04 Å². The fraction of sp³-hybridized carbons (Fsp3) is 0.310. The molecule has 0 saturated heterocycles. The Morgan fingerprint density at radius 2 is 1.67 bits per heavy atom. The zero-order chi connectivity index (χ0) is 25.3. The fourth-order valence-electron chi connectivity index (χ4n) is 4.54. The molecule has 1 unspecified atom stereocenters. The largest absolute Gasteiger partial charge is 0.482 e. The molecule has 0 aliphatic heterocycles. The van der Waals surface area contributed by atoms with Crippen molar-refractivity contribution in [2.75, 3.05) is 6.61 Å². The van der Waals surface area contributed by atoms with E-state index in [0.717, 1.165) is 41.3 Å². The van der Waals surface area contributed by atoms with Gasteiger partial charge in [-0.15, -0.1) is 0 Å². The van der Waals surface area contributed by atoms with E-state index in [2.05, 4.69) is 21.2 Å². The summed E-state index contributed by atoms with van der Waals surface area (Å²) in [6, 6.07) is 24.1. The summed E-state index contributed by atoms with van der Waals surface area (Å²) in [6.07, 6.45) is 4.57. The number of hydrogen-bond acceptors (Lipinski definition) is 3. The van der Waals surface area contributed by atoms with Crippen molar-refractivity contribution < 1.29 is 14.3 Å². The highest BCUT2D eigenvalue weighted by atomic mass is 79.9. The summed E-state index contributed by atoms with van der Waals surface area (Å²) in [5, 5.41) is 3.64. The molecule has 1 aliphatic carbocycles. The maximum Gasteiger partial charge on any atom is 0.261 e. The number of benzene rings is 3. The van der Waals surface area contributed by atoms with Crippen molar-refractivity contribution in [3.05, 3.63) is 99.5 Å². The second kappa shape index (κ2) is 12.9. The summed E-state index contributed by atoms with van der Waals surface area (Å²) in [7, 11) is 0. The average molecular weight is 570 g/mol. The van der Waals surface area contributed by atoms with E-state index in [0.29, 0.717) is 17.2 Å². The van der Waals surface area contributed by atoms with Crippen molar-refractivity contribution in [1.82, 2.24) is 10.2 Å². The Hall–Kier alpha value is -2.83. The Balaban J connectivity index is 1.62. The van der Waals surface area contributed by atoms with E-state index in [1.807, 2.05) is 54.6 Å². The minimum atomic E-state index is -0.686. The molecule has 1 N–H and O–H groups in total. The molecule has 0 radical (unpaired) electrons. The Labute approximate surface area is 225 Å². The molecule has 7 heteroatoms. The Kier molecular flexibility index (Phi) is 9.42. The maximum absolute atomic E-state index is 13.7. The molecule has 1 atom stereocenters. The summed E-state index contributed by atoms with van der Waals surface area (Å²) >= 11 is 9.75. The zero-order valence-corrected chi connectivity index (χ0v) is 22.4. The van der Waals surface area contributed by atoms with Crippen LogP contribution >= 0.6 is 27.5 Å². The van der Waals surface area contributed by atoms with Gasteiger partial charge in [-0.25, -0.2) is 0 Å². The van der Waals surface area contributed by atoms with Crippen molar-refractivity contribution in [3.63, 3.8) is 0 Å². The first-order chi connectivity index (χ1) is 17.5. The van der Waals surface area contributed by atoms with Crippen molar-refractivity contribution in [3.8, 4) is 5.75 Å². The minimum Gasteiger partial charge on any atom is -0.482 e. The third kappa shape index (κ3) is 7.34. The number of halogens is 2. The van der Waals surface area contributed by atoms with Crippen LogP contribution in [0.25, 0.3) is 0 Å². The van der Waals surface area contributed by atoms with Gasteiger partial charge in [0.15, 0.2) is 6.61 Å². The van der Waals surface area contributed by atoms with Gasteiger partial charge in [0.1, 0.15) is 11.8 Å². The minimum absolute atomic E-state index is 0.133. The highest BCUT2D eigenvalue weighted by Crippen LogP contribution is 2.24. The van der Waals surface area contributed by atoms with Crippen molar-refractivity contribution in [2.45, 2.75) is 50.7 Å². The first-order valence-corrected chi connectivity index (χ1v) is 13.4. The van der Waals surface area contributed by atoms with E-state index >= 15 is 0 Å². The summed E-state index contributed by atoms with van der Waals surface area (Å²) in [4.78, 5) is 29.0. The molecular weight excluding hydrogens is 540 g/mol. The number of para-hydroxylation sites is 1. The number of hydrogen-bond donors (Lipinski definition) is 1. The normalized spacial score (nSPS) is 14.3. The van der Waals surface area contributed by atoms with Gasteiger partial charge >= 0.3 is 0 Å². The lowest BCUT2D eigenvalue weighted by Crippen LogP contribution is -2.53. The highest BCUT2D eigenvalue weighted by molar-refractivity contribution is 9.10. The number of nitrogens with zero attached hydrogens (tertiary/aromatic N) is 1. The lowest BCUT2D eigenvalue weighted by molar-refractivity contribution is -0.143. The van der Waals surface area contributed by atoms with E-state index in [4.69, 9.17) is 16.3 Å². The molecule has 1 fully saturated rings. The monoisotopic (exact) mass is 568 g/mol. The Bertz CT molecular complexity index is 1170.